The van der Waals surface area contributed by atoms with Gasteiger partial charge in [-0.05, 0) is 24.5 Å². The zero-order valence-electron chi connectivity index (χ0n) is 11.3. The largest absolute Gasteiger partial charge is 0.494 e. The summed E-state index contributed by atoms with van der Waals surface area (Å²) in [5.74, 6) is 1.00. The van der Waals surface area contributed by atoms with E-state index in [9.17, 15) is 9.59 Å². The zero-order valence-corrected chi connectivity index (χ0v) is 11.3. The van der Waals surface area contributed by atoms with Crippen LogP contribution in [0.4, 0.5) is 11.4 Å². The first kappa shape index (κ1) is 13.4. The van der Waals surface area contributed by atoms with Crippen molar-refractivity contribution >= 4 is 23.2 Å². The molecule has 2 rings (SSSR count). The first-order valence-corrected chi connectivity index (χ1v) is 6.27. The lowest BCUT2D eigenvalue weighted by Crippen LogP contribution is -2.14. The van der Waals surface area contributed by atoms with E-state index in [-0.39, 0.29) is 17.7 Å². The van der Waals surface area contributed by atoms with Gasteiger partial charge in [-0.2, -0.15) is 0 Å². The van der Waals surface area contributed by atoms with Crippen molar-refractivity contribution in [3.63, 3.8) is 0 Å². The first-order valence-electron chi connectivity index (χ1n) is 6.27. The van der Waals surface area contributed by atoms with Crippen molar-refractivity contribution in [3.8, 4) is 5.75 Å². The third kappa shape index (κ3) is 3.24. The Labute approximate surface area is 112 Å². The number of nitrogens with one attached hydrogen (secondary N) is 2. The average Bonchev–Trinajstić information content (AvgIpc) is 3.08. The lowest BCUT2D eigenvalue weighted by Gasteiger charge is -2.11. The zero-order chi connectivity index (χ0) is 14.0. The summed E-state index contributed by atoms with van der Waals surface area (Å²) in [7, 11) is 1.52. The maximum Gasteiger partial charge on any atom is 0.227 e. The minimum Gasteiger partial charge on any atom is -0.494 e. The number of carbonyl (C=O) groups is 2. The van der Waals surface area contributed by atoms with E-state index >= 15 is 0 Å². The Bertz CT molecular complexity index is 513. The maximum atomic E-state index is 11.8. The van der Waals surface area contributed by atoms with Crippen LogP contribution in [0.25, 0.3) is 0 Å². The Kier molecular flexibility index (Phi) is 3.74. The smallest absolute Gasteiger partial charge is 0.227 e. The third-order valence-electron chi connectivity index (χ3n) is 3.23. The van der Waals surface area contributed by atoms with E-state index in [0.717, 1.165) is 6.42 Å². The molecule has 2 N–H and O–H groups in total. The van der Waals surface area contributed by atoms with Crippen molar-refractivity contribution < 1.29 is 14.3 Å². The molecule has 0 bridgehead atoms. The third-order valence-corrected chi connectivity index (χ3v) is 3.23. The Balaban J connectivity index is 2.10. The van der Waals surface area contributed by atoms with Gasteiger partial charge in [0.25, 0.3) is 0 Å². The number of anilines is 2. The van der Waals surface area contributed by atoms with E-state index in [4.69, 9.17) is 4.74 Å². The van der Waals surface area contributed by atoms with Crippen molar-refractivity contribution in [2.24, 2.45) is 11.8 Å². The molecule has 1 aromatic rings. The lowest BCUT2D eigenvalue weighted by atomic mass is 10.2. The second-order valence-corrected chi connectivity index (χ2v) is 4.90. The predicted molar refractivity (Wildman–Crippen MR) is 73.2 cm³/mol. The van der Waals surface area contributed by atoms with Crippen LogP contribution in [0.1, 0.15) is 20.3 Å². The SMILES string of the molecule is COc1cc(NC(=O)[C@H]2C[C@H]2C)ccc1NC(C)=O. The molecule has 1 aromatic carbocycles. The molecule has 5 nitrogen and oxygen atoms in total. The van der Waals surface area contributed by atoms with Crippen molar-refractivity contribution in [3.05, 3.63) is 18.2 Å². The molecule has 2 amide bonds. The normalized spacial score (nSPS) is 20.6. The monoisotopic (exact) mass is 262 g/mol. The number of hydrogen-bond donors (Lipinski definition) is 2. The molecule has 102 valence electrons. The number of rotatable bonds is 4. The number of carbonyl (C=O) groups excluding carboxylic acids is 2. The van der Waals surface area contributed by atoms with Gasteiger partial charge in [0.05, 0.1) is 12.8 Å². The van der Waals surface area contributed by atoms with E-state index in [2.05, 4.69) is 17.6 Å². The standard InChI is InChI=1S/C14H18N2O3/c1-8-6-11(8)14(18)16-10-4-5-12(15-9(2)17)13(7-10)19-3/h4-5,7-8,11H,6H2,1-3H3,(H,15,17)(H,16,18)/t8-,11+/m1/s1. The topological polar surface area (TPSA) is 67.4 Å². The van der Waals surface area contributed by atoms with Gasteiger partial charge in [0.2, 0.25) is 11.8 Å². The van der Waals surface area contributed by atoms with Gasteiger partial charge in [0.1, 0.15) is 5.75 Å². The molecule has 2 atom stereocenters. The van der Waals surface area contributed by atoms with Gasteiger partial charge >= 0.3 is 0 Å². The summed E-state index contributed by atoms with van der Waals surface area (Å²) < 4.78 is 5.20. The van der Waals surface area contributed by atoms with Crippen molar-refractivity contribution in [2.75, 3.05) is 17.7 Å². The number of benzene rings is 1. The molecule has 0 spiro atoms. The fourth-order valence-electron chi connectivity index (χ4n) is 1.98. The summed E-state index contributed by atoms with van der Waals surface area (Å²) >= 11 is 0. The Hall–Kier alpha value is -2.04. The van der Waals surface area contributed by atoms with E-state index < -0.39 is 0 Å². The number of methoxy groups -OCH3 is 1. The highest BCUT2D eigenvalue weighted by molar-refractivity contribution is 5.96. The molecule has 1 aliphatic rings. The van der Waals surface area contributed by atoms with Crippen LogP contribution >= 0.6 is 0 Å². The Morgan fingerprint density at radius 2 is 2.00 bits per heavy atom. The van der Waals surface area contributed by atoms with E-state index in [0.29, 0.717) is 23.0 Å². The average molecular weight is 262 g/mol. The number of amides is 2. The Morgan fingerprint density at radius 1 is 1.32 bits per heavy atom. The van der Waals surface area contributed by atoms with Gasteiger partial charge < -0.3 is 15.4 Å². The van der Waals surface area contributed by atoms with Crippen LogP contribution in [-0.2, 0) is 9.59 Å². The van der Waals surface area contributed by atoms with Crippen LogP contribution in [0.5, 0.6) is 5.75 Å². The lowest BCUT2D eigenvalue weighted by molar-refractivity contribution is -0.117. The van der Waals surface area contributed by atoms with Crippen molar-refractivity contribution in [2.45, 2.75) is 20.3 Å². The number of hydrogen-bond acceptors (Lipinski definition) is 3. The fourth-order valence-corrected chi connectivity index (χ4v) is 1.98. The van der Waals surface area contributed by atoms with Crippen LogP contribution in [0.3, 0.4) is 0 Å². The molecular formula is C14H18N2O3. The maximum absolute atomic E-state index is 11.8. The summed E-state index contributed by atoms with van der Waals surface area (Å²) in [6.45, 7) is 3.49. The molecule has 19 heavy (non-hydrogen) atoms. The summed E-state index contributed by atoms with van der Waals surface area (Å²) in [5.41, 5.74) is 1.27. The highest BCUT2D eigenvalue weighted by Crippen LogP contribution is 2.38. The highest BCUT2D eigenvalue weighted by atomic mass is 16.5. The van der Waals surface area contributed by atoms with E-state index in [1.165, 1.54) is 14.0 Å². The van der Waals surface area contributed by atoms with Crippen LogP contribution in [-0.4, -0.2) is 18.9 Å². The number of ether oxygens (including phenoxy) is 1. The molecule has 1 aliphatic carbocycles. The van der Waals surface area contributed by atoms with Crippen LogP contribution < -0.4 is 15.4 Å². The Morgan fingerprint density at radius 3 is 2.53 bits per heavy atom. The van der Waals surface area contributed by atoms with Gasteiger partial charge in [-0.15, -0.1) is 0 Å². The second kappa shape index (κ2) is 5.30. The molecule has 1 fully saturated rings. The van der Waals surface area contributed by atoms with Crippen LogP contribution in [0, 0.1) is 11.8 Å². The molecule has 0 aliphatic heterocycles. The van der Waals surface area contributed by atoms with E-state index in [1.54, 1.807) is 18.2 Å². The van der Waals surface area contributed by atoms with Gasteiger partial charge in [-0.1, -0.05) is 6.92 Å². The molecule has 0 radical (unpaired) electrons. The van der Waals surface area contributed by atoms with Gasteiger partial charge in [0.15, 0.2) is 0 Å². The molecule has 0 heterocycles. The molecular weight excluding hydrogens is 244 g/mol. The van der Waals surface area contributed by atoms with Gasteiger partial charge in [0, 0.05) is 24.6 Å². The van der Waals surface area contributed by atoms with Crippen LogP contribution in [0.2, 0.25) is 0 Å². The predicted octanol–water partition coefficient (Wildman–Crippen LogP) is 2.25. The van der Waals surface area contributed by atoms with Crippen LogP contribution in [0.15, 0.2) is 18.2 Å². The van der Waals surface area contributed by atoms with Crippen molar-refractivity contribution in [1.82, 2.24) is 0 Å². The van der Waals surface area contributed by atoms with Gasteiger partial charge in [-0.25, -0.2) is 0 Å². The summed E-state index contributed by atoms with van der Waals surface area (Å²) in [6, 6.07) is 5.17. The first-order chi connectivity index (χ1) is 9.01. The summed E-state index contributed by atoms with van der Waals surface area (Å²) in [4.78, 5) is 22.9. The molecule has 0 unspecified atom stereocenters. The van der Waals surface area contributed by atoms with Gasteiger partial charge in [-0.3, -0.25) is 9.59 Å². The minimum absolute atomic E-state index is 0.0434. The quantitative estimate of drug-likeness (QED) is 0.874. The summed E-state index contributed by atoms with van der Waals surface area (Å²) in [5, 5.41) is 5.53. The molecule has 1 saturated carbocycles. The van der Waals surface area contributed by atoms with Crippen molar-refractivity contribution in [1.29, 1.82) is 0 Å². The molecule has 0 saturated heterocycles. The molecule has 0 aromatic heterocycles. The highest BCUT2D eigenvalue weighted by Gasteiger charge is 2.39. The fraction of sp³-hybridized carbons (Fsp3) is 0.429. The minimum atomic E-state index is -0.165. The molecule has 5 heteroatoms. The van der Waals surface area contributed by atoms with E-state index in [1.807, 2.05) is 0 Å². The summed E-state index contributed by atoms with van der Waals surface area (Å²) in [6.07, 6.45) is 0.951. The second-order valence-electron chi connectivity index (χ2n) is 4.90.